The fourth-order valence-electron chi connectivity index (χ4n) is 5.13. The Morgan fingerprint density at radius 2 is 1.45 bits per heavy atom. The fourth-order valence-corrected chi connectivity index (χ4v) is 10.2. The summed E-state index contributed by atoms with van der Waals surface area (Å²) in [6.07, 6.45) is 5.20. The van der Waals surface area contributed by atoms with Gasteiger partial charge in [0.1, 0.15) is 0 Å². The molecule has 0 spiro atoms. The number of allylic oxidation sites excluding steroid dienone is 1. The minimum atomic E-state index is -2.04. The first kappa shape index (κ1) is 29.0. The second-order valence-electron chi connectivity index (χ2n) is 14.7. The summed E-state index contributed by atoms with van der Waals surface area (Å²) in [5, 5.41) is 1.40. The molecule has 0 aromatic carbocycles. The fraction of sp³-hybridized carbons (Fsp3) is 0.815. The molecule has 0 aromatic heterocycles. The van der Waals surface area contributed by atoms with Crippen LogP contribution in [0.3, 0.4) is 0 Å². The molecule has 0 amide bonds. The van der Waals surface area contributed by atoms with Gasteiger partial charge in [-0.1, -0.05) is 67.3 Å². The zero-order chi connectivity index (χ0) is 25.8. The summed E-state index contributed by atoms with van der Waals surface area (Å²) in [4.78, 5) is 13.4. The maximum Gasteiger partial charge on any atom is 0.192 e. The molecule has 1 fully saturated rings. The van der Waals surface area contributed by atoms with Gasteiger partial charge in [0.25, 0.3) is 0 Å². The van der Waals surface area contributed by atoms with Crippen LogP contribution in [0.2, 0.25) is 55.9 Å². The van der Waals surface area contributed by atoms with E-state index in [0.717, 1.165) is 24.5 Å². The third-order valence-electron chi connectivity index (χ3n) is 8.75. The molecule has 0 heterocycles. The van der Waals surface area contributed by atoms with Crippen molar-refractivity contribution in [2.24, 2.45) is 5.92 Å². The Morgan fingerprint density at radius 3 is 1.88 bits per heavy atom. The third-order valence-corrected chi connectivity index (χ3v) is 19.9. The van der Waals surface area contributed by atoms with Crippen LogP contribution in [-0.2, 0) is 13.6 Å². The predicted octanol–water partition coefficient (Wildman–Crippen LogP) is 8.27. The predicted molar refractivity (Wildman–Crippen MR) is 151 cm³/mol. The van der Waals surface area contributed by atoms with Crippen LogP contribution in [0.1, 0.15) is 67.2 Å². The van der Waals surface area contributed by atoms with Crippen LogP contribution in [0, 0.1) is 5.92 Å². The highest BCUT2D eigenvalue weighted by molar-refractivity contribution is 6.87. The van der Waals surface area contributed by atoms with Gasteiger partial charge >= 0.3 is 0 Å². The lowest BCUT2D eigenvalue weighted by molar-refractivity contribution is -0.115. The normalized spacial score (nSPS) is 27.7. The molecule has 0 aromatic rings. The Balaban J connectivity index is 2.65. The molecule has 2 rings (SSSR count). The highest BCUT2D eigenvalue weighted by atomic mass is 28.4. The lowest BCUT2D eigenvalue weighted by Crippen LogP contribution is -2.56. The smallest absolute Gasteiger partial charge is 0.192 e. The summed E-state index contributed by atoms with van der Waals surface area (Å²) in [6.45, 7) is 34.3. The highest BCUT2D eigenvalue weighted by Gasteiger charge is 2.55. The van der Waals surface area contributed by atoms with Gasteiger partial charge in [-0.05, 0) is 65.8 Å². The number of hydrogen-bond acceptors (Lipinski definition) is 3. The summed E-state index contributed by atoms with van der Waals surface area (Å²) in [6, 6.07) is 0. The quantitative estimate of drug-likeness (QED) is 0.256. The van der Waals surface area contributed by atoms with E-state index in [1.165, 1.54) is 5.57 Å². The van der Waals surface area contributed by atoms with Crippen LogP contribution in [-0.4, -0.2) is 42.2 Å². The Morgan fingerprint density at radius 1 is 0.939 bits per heavy atom. The topological polar surface area (TPSA) is 35.5 Å². The van der Waals surface area contributed by atoms with E-state index in [-0.39, 0.29) is 27.7 Å². The summed E-state index contributed by atoms with van der Waals surface area (Å²) >= 11 is 0. The molecule has 3 nitrogen and oxygen atoms in total. The molecule has 0 unspecified atom stereocenters. The first-order valence-corrected chi connectivity index (χ1v) is 22.2. The van der Waals surface area contributed by atoms with E-state index >= 15 is 0 Å². The first-order valence-electron chi connectivity index (χ1n) is 12.8. The number of carbonyl (C=O) groups is 1. The number of fused-ring (bicyclic) bond motifs is 1. The highest BCUT2D eigenvalue weighted by Crippen LogP contribution is 2.53. The molecule has 0 radical (unpaired) electrons. The van der Waals surface area contributed by atoms with E-state index in [4.69, 9.17) is 8.85 Å². The monoisotopic (exact) mass is 508 g/mol. The molecule has 2 aliphatic carbocycles. The van der Waals surface area contributed by atoms with Crippen LogP contribution in [0.5, 0.6) is 0 Å². The molecular formula is C27H52O3Si3. The largest absolute Gasteiger partial charge is 0.411 e. The van der Waals surface area contributed by atoms with E-state index in [1.807, 2.05) is 6.08 Å². The van der Waals surface area contributed by atoms with Gasteiger partial charge in [-0.25, -0.2) is 0 Å². The van der Waals surface area contributed by atoms with E-state index in [2.05, 4.69) is 94.0 Å². The summed E-state index contributed by atoms with van der Waals surface area (Å²) < 4.78 is 14.4. The van der Waals surface area contributed by atoms with Crippen molar-refractivity contribution < 1.29 is 13.6 Å². The number of hydrogen-bond donors (Lipinski definition) is 0. The second kappa shape index (κ2) is 8.99. The molecule has 33 heavy (non-hydrogen) atoms. The van der Waals surface area contributed by atoms with Crippen molar-refractivity contribution in [3.63, 3.8) is 0 Å². The number of ketones is 1. The maximum absolute atomic E-state index is 13.4. The van der Waals surface area contributed by atoms with E-state index < -0.39 is 24.7 Å². The van der Waals surface area contributed by atoms with Gasteiger partial charge < -0.3 is 8.85 Å². The Labute approximate surface area is 208 Å². The van der Waals surface area contributed by atoms with Gasteiger partial charge in [0.2, 0.25) is 0 Å². The summed E-state index contributed by atoms with van der Waals surface area (Å²) in [5.74, 6) is 0.618. The molecule has 0 aliphatic heterocycles. The maximum atomic E-state index is 13.4. The summed E-state index contributed by atoms with van der Waals surface area (Å²) in [5.41, 5.74) is 1.05. The first-order chi connectivity index (χ1) is 14.6. The SMILES string of the molecule is C=CC[C@]1(O[Si](C)(C)C(C)(C)C)C[C@H]2CC(=O)C([Si](C)(C)C)=C2[C@@H](O[Si](C)(C)C(C)(C)C)C1. The zero-order valence-corrected chi connectivity index (χ0v) is 27.0. The van der Waals surface area contributed by atoms with Crippen molar-refractivity contribution in [1.82, 2.24) is 0 Å². The van der Waals surface area contributed by atoms with Gasteiger partial charge in [-0.3, -0.25) is 4.79 Å². The zero-order valence-electron chi connectivity index (χ0n) is 24.0. The molecule has 190 valence electrons. The van der Waals surface area contributed by atoms with Crippen LogP contribution in [0.15, 0.2) is 23.4 Å². The molecule has 6 heteroatoms. The molecule has 0 saturated heterocycles. The lowest BCUT2D eigenvalue weighted by atomic mass is 9.73. The Hall–Kier alpha value is -0.279. The van der Waals surface area contributed by atoms with E-state index in [0.29, 0.717) is 12.2 Å². The van der Waals surface area contributed by atoms with Crippen molar-refractivity contribution in [1.29, 1.82) is 0 Å². The minimum absolute atomic E-state index is 0.0254. The van der Waals surface area contributed by atoms with Gasteiger partial charge in [-0.15, -0.1) is 6.58 Å². The van der Waals surface area contributed by atoms with Crippen LogP contribution >= 0.6 is 0 Å². The average Bonchev–Trinajstić information content (AvgIpc) is 2.87. The van der Waals surface area contributed by atoms with Crippen molar-refractivity contribution in [2.75, 3.05) is 0 Å². The number of Topliss-reactive ketones (excluding diaryl/α,β-unsaturated/α-hetero) is 1. The van der Waals surface area contributed by atoms with Gasteiger partial charge in [-0.2, -0.15) is 0 Å². The van der Waals surface area contributed by atoms with Crippen LogP contribution < -0.4 is 0 Å². The number of rotatable bonds is 7. The molecule has 0 N–H and O–H groups in total. The number of carbonyl (C=O) groups excluding carboxylic acids is 1. The van der Waals surface area contributed by atoms with Crippen molar-refractivity contribution in [3.8, 4) is 0 Å². The molecule has 2 aliphatic rings. The Bertz CT molecular complexity index is 806. The summed E-state index contributed by atoms with van der Waals surface area (Å²) in [7, 11) is -5.86. The third kappa shape index (κ3) is 5.93. The van der Waals surface area contributed by atoms with Gasteiger partial charge in [0.05, 0.1) is 19.8 Å². The van der Waals surface area contributed by atoms with Crippen molar-refractivity contribution in [3.05, 3.63) is 23.4 Å². The van der Waals surface area contributed by atoms with Gasteiger partial charge in [0, 0.05) is 12.8 Å². The molecule has 3 atom stereocenters. The Kier molecular flexibility index (Phi) is 7.88. The minimum Gasteiger partial charge on any atom is -0.411 e. The second-order valence-corrected chi connectivity index (χ2v) is 29.2. The van der Waals surface area contributed by atoms with Crippen LogP contribution in [0.25, 0.3) is 0 Å². The lowest BCUT2D eigenvalue weighted by Gasteiger charge is -2.52. The van der Waals surface area contributed by atoms with Gasteiger partial charge in [0.15, 0.2) is 22.4 Å². The van der Waals surface area contributed by atoms with Crippen molar-refractivity contribution in [2.45, 2.75) is 135 Å². The molecule has 1 saturated carbocycles. The van der Waals surface area contributed by atoms with Crippen LogP contribution in [0.4, 0.5) is 0 Å². The standard InChI is InChI=1S/C27H52O3Si3/c1-15-16-27(30-33(13,14)26(5,6)7)18-20-17-21(28)24(31(8,9)10)23(20)22(19-27)29-32(11,12)25(2,3)4/h15,20,22H,1,16-19H2,2-14H3/t20-,22+,27+/m1/s1. The molecule has 0 bridgehead atoms. The van der Waals surface area contributed by atoms with Crippen molar-refractivity contribution >= 4 is 30.5 Å². The van der Waals surface area contributed by atoms with E-state index in [1.54, 1.807) is 0 Å². The van der Waals surface area contributed by atoms with E-state index in [9.17, 15) is 4.79 Å². The average molecular weight is 509 g/mol. The molecular weight excluding hydrogens is 457 g/mol.